The first-order valence-electron chi connectivity index (χ1n) is 13.2. The summed E-state index contributed by atoms with van der Waals surface area (Å²) in [6.45, 7) is 7.23. The lowest BCUT2D eigenvalue weighted by Gasteiger charge is -2.32. The monoisotopic (exact) mass is 549 g/mol. The van der Waals surface area contributed by atoms with Crippen molar-refractivity contribution >= 4 is 12.1 Å². The molecule has 0 aliphatic carbocycles. The molecule has 0 bridgehead atoms. The molecule has 40 heavy (non-hydrogen) atoms. The average molecular weight is 550 g/mol. The van der Waals surface area contributed by atoms with Gasteiger partial charge in [0.05, 0.1) is 24.7 Å². The Morgan fingerprint density at radius 2 is 1.45 bits per heavy atom. The van der Waals surface area contributed by atoms with Gasteiger partial charge in [-0.25, -0.2) is 4.79 Å². The van der Waals surface area contributed by atoms with E-state index < -0.39 is 35.2 Å². The van der Waals surface area contributed by atoms with Crippen molar-refractivity contribution in [2.75, 3.05) is 7.11 Å². The number of aliphatic hydroxyl groups is 1. The first-order chi connectivity index (χ1) is 18.9. The van der Waals surface area contributed by atoms with E-state index >= 15 is 0 Å². The van der Waals surface area contributed by atoms with Gasteiger partial charge in [-0.2, -0.15) is 0 Å². The number of nitrogens with one attached hydrogen (secondary N) is 1. The smallest absolute Gasteiger partial charge is 0.407 e. The van der Waals surface area contributed by atoms with Gasteiger partial charge < -0.3 is 29.7 Å². The Hall–Kier alpha value is -4.04. The number of benzene rings is 3. The molecule has 0 heterocycles. The van der Waals surface area contributed by atoms with Crippen LogP contribution in [-0.4, -0.2) is 47.1 Å². The highest BCUT2D eigenvalue weighted by Crippen LogP contribution is 2.32. The molecule has 3 rings (SSSR count). The zero-order chi connectivity index (χ0) is 29.3. The van der Waals surface area contributed by atoms with Gasteiger partial charge >= 0.3 is 12.1 Å². The highest BCUT2D eigenvalue weighted by atomic mass is 16.6. The van der Waals surface area contributed by atoms with Crippen molar-refractivity contribution in [1.82, 2.24) is 5.32 Å². The number of methoxy groups -OCH3 is 1. The van der Waals surface area contributed by atoms with E-state index in [1.165, 1.54) is 7.11 Å². The number of rotatable bonds is 12. The van der Waals surface area contributed by atoms with E-state index in [9.17, 15) is 19.8 Å². The number of carboxylic acid groups (broad SMARTS) is 1. The van der Waals surface area contributed by atoms with Crippen LogP contribution in [0.2, 0.25) is 0 Å². The SMILES string of the molecule is COc1ccc([C@@](C)(C[C@H](O)[C@H](Cc2ccc(OCc3ccccc3)cc2)NC(=O)OC(C)(C)C)C(=O)O)cc1. The second-order valence-electron chi connectivity index (χ2n) is 11.0. The van der Waals surface area contributed by atoms with Gasteiger partial charge in [-0.3, -0.25) is 4.79 Å². The summed E-state index contributed by atoms with van der Waals surface area (Å²) in [6, 6.07) is 23.1. The molecule has 0 fully saturated rings. The van der Waals surface area contributed by atoms with E-state index in [-0.39, 0.29) is 12.8 Å². The topological polar surface area (TPSA) is 114 Å². The summed E-state index contributed by atoms with van der Waals surface area (Å²) in [5, 5.41) is 24.3. The fraction of sp³-hybridized carbons (Fsp3) is 0.375. The minimum absolute atomic E-state index is 0.145. The molecule has 3 aromatic rings. The van der Waals surface area contributed by atoms with E-state index in [4.69, 9.17) is 14.2 Å². The molecule has 3 atom stereocenters. The second kappa shape index (κ2) is 13.3. The van der Waals surface area contributed by atoms with Crippen molar-refractivity contribution in [3.05, 3.63) is 95.6 Å². The van der Waals surface area contributed by atoms with Gasteiger partial charge in [0.2, 0.25) is 0 Å². The molecule has 3 aromatic carbocycles. The number of hydrogen-bond donors (Lipinski definition) is 3. The number of amides is 1. The van der Waals surface area contributed by atoms with Crippen LogP contribution in [0.5, 0.6) is 11.5 Å². The summed E-state index contributed by atoms with van der Waals surface area (Å²) in [7, 11) is 1.53. The lowest BCUT2D eigenvalue weighted by Crippen LogP contribution is -2.49. The maximum absolute atomic E-state index is 12.7. The van der Waals surface area contributed by atoms with Crippen LogP contribution in [0.25, 0.3) is 0 Å². The fourth-order valence-corrected chi connectivity index (χ4v) is 4.31. The molecule has 0 saturated heterocycles. The molecule has 214 valence electrons. The van der Waals surface area contributed by atoms with E-state index in [0.29, 0.717) is 23.7 Å². The number of carbonyl (C=O) groups excluding carboxylic acids is 1. The first kappa shape index (κ1) is 30.5. The average Bonchev–Trinajstić information content (AvgIpc) is 2.91. The van der Waals surface area contributed by atoms with Gasteiger partial charge in [0.15, 0.2) is 0 Å². The van der Waals surface area contributed by atoms with Crippen molar-refractivity contribution < 1.29 is 34.0 Å². The van der Waals surface area contributed by atoms with Crippen molar-refractivity contribution in [3.63, 3.8) is 0 Å². The quantitative estimate of drug-likeness (QED) is 0.273. The zero-order valence-electron chi connectivity index (χ0n) is 23.7. The van der Waals surface area contributed by atoms with Crippen molar-refractivity contribution in [2.24, 2.45) is 0 Å². The highest BCUT2D eigenvalue weighted by Gasteiger charge is 2.40. The Morgan fingerprint density at radius 3 is 2.00 bits per heavy atom. The minimum Gasteiger partial charge on any atom is -0.497 e. The van der Waals surface area contributed by atoms with Crippen molar-refractivity contribution in [1.29, 1.82) is 0 Å². The third kappa shape index (κ3) is 8.74. The molecule has 0 unspecified atom stereocenters. The molecule has 1 amide bonds. The first-order valence-corrected chi connectivity index (χ1v) is 13.2. The zero-order valence-corrected chi connectivity index (χ0v) is 23.7. The molecular formula is C32H39NO7. The predicted octanol–water partition coefficient (Wildman–Crippen LogP) is 5.50. The Labute approximate surface area is 235 Å². The molecule has 8 nitrogen and oxygen atoms in total. The van der Waals surface area contributed by atoms with Crippen LogP contribution in [0.15, 0.2) is 78.9 Å². The van der Waals surface area contributed by atoms with Crippen LogP contribution >= 0.6 is 0 Å². The predicted molar refractivity (Wildman–Crippen MR) is 153 cm³/mol. The van der Waals surface area contributed by atoms with E-state index in [2.05, 4.69) is 5.32 Å². The molecule has 0 aromatic heterocycles. The summed E-state index contributed by atoms with van der Waals surface area (Å²) in [5.74, 6) is 0.188. The Balaban J connectivity index is 1.78. The number of aliphatic carboxylic acids is 1. The van der Waals surface area contributed by atoms with E-state index in [1.807, 2.05) is 54.6 Å². The summed E-state index contributed by atoms with van der Waals surface area (Å²) >= 11 is 0. The molecule has 8 heteroatoms. The Kier molecular flexibility index (Phi) is 10.2. The van der Waals surface area contributed by atoms with Gasteiger partial charge in [0.25, 0.3) is 0 Å². The summed E-state index contributed by atoms with van der Waals surface area (Å²) in [6.07, 6.45) is -1.80. The number of carboxylic acids is 1. The van der Waals surface area contributed by atoms with Crippen LogP contribution in [-0.2, 0) is 28.0 Å². The van der Waals surface area contributed by atoms with Crippen LogP contribution < -0.4 is 14.8 Å². The van der Waals surface area contributed by atoms with Crippen LogP contribution in [0.1, 0.15) is 50.8 Å². The molecule has 3 N–H and O–H groups in total. The summed E-state index contributed by atoms with van der Waals surface area (Å²) < 4.78 is 16.5. The number of hydrogen-bond acceptors (Lipinski definition) is 6. The third-order valence-corrected chi connectivity index (χ3v) is 6.61. The fourth-order valence-electron chi connectivity index (χ4n) is 4.31. The maximum atomic E-state index is 12.7. The van der Waals surface area contributed by atoms with E-state index in [0.717, 1.165) is 11.1 Å². The summed E-state index contributed by atoms with van der Waals surface area (Å²) in [5.41, 5.74) is 0.226. The van der Waals surface area contributed by atoms with Crippen molar-refractivity contribution in [2.45, 2.75) is 70.3 Å². The molecular weight excluding hydrogens is 510 g/mol. The molecule has 0 spiro atoms. The highest BCUT2D eigenvalue weighted by molar-refractivity contribution is 5.81. The van der Waals surface area contributed by atoms with Gasteiger partial charge in [-0.05, 0) is 81.5 Å². The normalized spacial score (nSPS) is 14.3. The molecule has 0 aliphatic rings. The number of ether oxygens (including phenoxy) is 3. The van der Waals surface area contributed by atoms with Gasteiger partial charge in [-0.1, -0.05) is 54.6 Å². The van der Waals surface area contributed by atoms with E-state index in [1.54, 1.807) is 52.0 Å². The van der Waals surface area contributed by atoms with Gasteiger partial charge in [0.1, 0.15) is 23.7 Å². The van der Waals surface area contributed by atoms with Crippen LogP contribution in [0, 0.1) is 0 Å². The Morgan fingerprint density at radius 1 is 0.850 bits per heavy atom. The minimum atomic E-state index is -1.42. The lowest BCUT2D eigenvalue weighted by atomic mass is 9.76. The van der Waals surface area contributed by atoms with Crippen LogP contribution in [0.3, 0.4) is 0 Å². The molecule has 0 saturated carbocycles. The molecule has 0 radical (unpaired) electrons. The largest absolute Gasteiger partial charge is 0.497 e. The second-order valence-corrected chi connectivity index (χ2v) is 11.0. The third-order valence-electron chi connectivity index (χ3n) is 6.61. The van der Waals surface area contributed by atoms with Gasteiger partial charge in [-0.15, -0.1) is 0 Å². The standard InChI is InChI=1S/C32H39NO7/c1-31(2,3)40-30(37)33-27(19-22-11-15-26(16-12-22)39-21-23-9-7-6-8-10-23)28(34)20-32(4,29(35)36)24-13-17-25(38-5)18-14-24/h6-18,27-28,34H,19-21H2,1-5H3,(H,33,37)(H,35,36)/t27-,28-,32+/m0/s1. The van der Waals surface area contributed by atoms with Gasteiger partial charge in [0, 0.05) is 0 Å². The Bertz CT molecular complexity index is 1240. The maximum Gasteiger partial charge on any atom is 0.407 e. The van der Waals surface area contributed by atoms with Crippen LogP contribution in [0.4, 0.5) is 4.79 Å². The number of alkyl carbamates (subject to hydrolysis) is 1. The number of aliphatic hydroxyl groups excluding tert-OH is 1. The van der Waals surface area contributed by atoms with Crippen molar-refractivity contribution in [3.8, 4) is 11.5 Å². The molecule has 0 aliphatic heterocycles. The number of carbonyl (C=O) groups is 2. The summed E-state index contributed by atoms with van der Waals surface area (Å²) in [4.78, 5) is 25.1. The lowest BCUT2D eigenvalue weighted by molar-refractivity contribution is -0.144.